The molecule has 1 amide bonds. The first-order valence-corrected chi connectivity index (χ1v) is 9.53. The Hall–Kier alpha value is -2.54. The molecule has 28 heavy (non-hydrogen) atoms. The Morgan fingerprint density at radius 1 is 1.32 bits per heavy atom. The summed E-state index contributed by atoms with van der Waals surface area (Å²) in [5, 5.41) is 12.2. The summed E-state index contributed by atoms with van der Waals surface area (Å²) in [4.78, 5) is 24.3. The van der Waals surface area contributed by atoms with Gasteiger partial charge in [0.25, 0.3) is 5.91 Å². The average Bonchev–Trinajstić information content (AvgIpc) is 2.63. The van der Waals surface area contributed by atoms with E-state index in [-0.39, 0.29) is 30.3 Å². The predicted molar refractivity (Wildman–Crippen MR) is 105 cm³/mol. The van der Waals surface area contributed by atoms with E-state index in [1.54, 1.807) is 13.0 Å². The molecule has 7 heteroatoms. The molecule has 2 heterocycles. The Bertz CT molecular complexity index is 960. The number of nitrogens with one attached hydrogen (secondary N) is 1. The van der Waals surface area contributed by atoms with Gasteiger partial charge in [-0.05, 0) is 52.5 Å². The van der Waals surface area contributed by atoms with E-state index in [4.69, 9.17) is 19.0 Å². The quantitative estimate of drug-likeness (QED) is 0.582. The van der Waals surface area contributed by atoms with Crippen LogP contribution in [0.15, 0.2) is 15.3 Å². The first kappa shape index (κ1) is 20.2. The highest BCUT2D eigenvalue weighted by Gasteiger charge is 2.31. The van der Waals surface area contributed by atoms with Crippen molar-refractivity contribution in [1.29, 1.82) is 0 Å². The van der Waals surface area contributed by atoms with Crippen LogP contribution in [0.25, 0.3) is 11.0 Å². The summed E-state index contributed by atoms with van der Waals surface area (Å²) in [6.45, 7) is 7.79. The van der Waals surface area contributed by atoms with E-state index < -0.39 is 0 Å². The van der Waals surface area contributed by atoms with Gasteiger partial charge in [0.1, 0.15) is 22.7 Å². The Morgan fingerprint density at radius 2 is 2.07 bits per heavy atom. The van der Waals surface area contributed by atoms with Gasteiger partial charge in [0, 0.05) is 30.3 Å². The Morgan fingerprint density at radius 3 is 2.79 bits per heavy atom. The molecule has 2 aromatic rings. The maximum absolute atomic E-state index is 12.3. The van der Waals surface area contributed by atoms with E-state index in [0.717, 1.165) is 24.0 Å². The lowest BCUT2D eigenvalue weighted by atomic mass is 9.92. The summed E-state index contributed by atoms with van der Waals surface area (Å²) < 4.78 is 17.5. The van der Waals surface area contributed by atoms with Crippen LogP contribution >= 0.6 is 0 Å². The number of aryl methyl sites for hydroxylation is 2. The number of carbonyl (C=O) groups excluding carboxylic acids is 1. The summed E-state index contributed by atoms with van der Waals surface area (Å²) in [6, 6.07) is 1.78. The maximum Gasteiger partial charge on any atom is 0.339 e. The Kier molecular flexibility index (Phi) is 5.65. The lowest BCUT2D eigenvalue weighted by molar-refractivity contribution is -0.123. The highest BCUT2D eigenvalue weighted by atomic mass is 16.5. The van der Waals surface area contributed by atoms with Gasteiger partial charge < -0.3 is 24.3 Å². The zero-order valence-electron chi connectivity index (χ0n) is 16.8. The van der Waals surface area contributed by atoms with Gasteiger partial charge in [-0.1, -0.05) is 0 Å². The molecule has 0 unspecified atom stereocenters. The van der Waals surface area contributed by atoms with Crippen molar-refractivity contribution in [2.45, 2.75) is 52.6 Å². The van der Waals surface area contributed by atoms with E-state index in [2.05, 4.69) is 5.32 Å². The molecule has 0 atom stereocenters. The van der Waals surface area contributed by atoms with Gasteiger partial charge in [0.15, 0.2) is 6.61 Å². The van der Waals surface area contributed by atoms with E-state index in [1.807, 2.05) is 20.8 Å². The zero-order chi connectivity index (χ0) is 20.5. The van der Waals surface area contributed by atoms with Gasteiger partial charge in [0.2, 0.25) is 0 Å². The third kappa shape index (κ3) is 3.99. The van der Waals surface area contributed by atoms with Gasteiger partial charge >= 0.3 is 5.63 Å². The molecule has 0 aliphatic carbocycles. The molecular formula is C21H27NO6. The highest BCUT2D eigenvalue weighted by molar-refractivity contribution is 5.92. The summed E-state index contributed by atoms with van der Waals surface area (Å²) in [5.41, 5.74) is 1.90. The number of amides is 1. The van der Waals surface area contributed by atoms with E-state index >= 15 is 0 Å². The number of carbonyl (C=O) groups is 1. The van der Waals surface area contributed by atoms with Gasteiger partial charge in [-0.15, -0.1) is 0 Å². The smallest absolute Gasteiger partial charge is 0.339 e. The number of ether oxygens (including phenoxy) is 2. The summed E-state index contributed by atoms with van der Waals surface area (Å²) in [7, 11) is 0. The number of aliphatic hydroxyl groups excluding tert-OH is 1. The minimum absolute atomic E-state index is 0.0151. The molecule has 0 radical (unpaired) electrons. The van der Waals surface area contributed by atoms with Crippen molar-refractivity contribution in [2.75, 3.05) is 19.8 Å². The molecule has 1 aromatic heterocycles. The SMILES string of the molecule is Cc1c(C)c2c(OCC(=O)NCCCO)cc3c(c2oc1=O)CCC(C)(C)O3. The molecule has 1 aliphatic heterocycles. The van der Waals surface area contributed by atoms with Crippen molar-refractivity contribution in [3.63, 3.8) is 0 Å². The van der Waals surface area contributed by atoms with Crippen molar-refractivity contribution >= 4 is 16.9 Å². The standard InChI is InChI=1S/C21H27NO6/c1-12-13(2)20(25)27-19-14-6-7-21(3,4)28-15(14)10-16(18(12)19)26-11-17(24)22-8-5-9-23/h10,23H,5-9,11H2,1-4H3,(H,22,24). The lowest BCUT2D eigenvalue weighted by Gasteiger charge is -2.33. The van der Waals surface area contributed by atoms with Crippen molar-refractivity contribution in [2.24, 2.45) is 0 Å². The average molecular weight is 389 g/mol. The fourth-order valence-electron chi connectivity index (χ4n) is 3.35. The summed E-state index contributed by atoms with van der Waals surface area (Å²) >= 11 is 0. The fraction of sp³-hybridized carbons (Fsp3) is 0.524. The number of benzene rings is 1. The van der Waals surface area contributed by atoms with Crippen LogP contribution in [0.2, 0.25) is 0 Å². The molecule has 152 valence electrons. The highest BCUT2D eigenvalue weighted by Crippen LogP contribution is 2.43. The number of hydrogen-bond donors (Lipinski definition) is 2. The van der Waals surface area contributed by atoms with Crippen LogP contribution in [-0.4, -0.2) is 36.4 Å². The Balaban J connectivity index is 2.02. The second-order valence-electron chi connectivity index (χ2n) is 7.77. The van der Waals surface area contributed by atoms with Crippen LogP contribution in [0.4, 0.5) is 0 Å². The molecule has 1 aromatic carbocycles. The van der Waals surface area contributed by atoms with E-state index in [1.165, 1.54) is 0 Å². The number of fused-ring (bicyclic) bond motifs is 3. The molecule has 7 nitrogen and oxygen atoms in total. The largest absolute Gasteiger partial charge is 0.487 e. The minimum atomic E-state index is -0.379. The molecule has 1 aliphatic rings. The molecule has 0 fully saturated rings. The number of aliphatic hydroxyl groups is 1. The van der Waals surface area contributed by atoms with Gasteiger partial charge in [0.05, 0.1) is 5.39 Å². The summed E-state index contributed by atoms with van der Waals surface area (Å²) in [6.07, 6.45) is 2.02. The zero-order valence-corrected chi connectivity index (χ0v) is 16.8. The molecule has 0 saturated carbocycles. The van der Waals surface area contributed by atoms with Crippen molar-refractivity contribution in [3.05, 3.63) is 33.2 Å². The Labute approximate surface area is 163 Å². The first-order chi connectivity index (χ1) is 13.2. The lowest BCUT2D eigenvalue weighted by Crippen LogP contribution is -2.33. The number of hydrogen-bond acceptors (Lipinski definition) is 6. The van der Waals surface area contributed by atoms with Crippen molar-refractivity contribution in [3.8, 4) is 11.5 Å². The predicted octanol–water partition coefficient (Wildman–Crippen LogP) is 2.39. The monoisotopic (exact) mass is 389 g/mol. The summed E-state index contributed by atoms with van der Waals surface area (Å²) in [5.74, 6) is 0.784. The van der Waals surface area contributed by atoms with Crippen LogP contribution in [0.5, 0.6) is 11.5 Å². The second-order valence-corrected chi connectivity index (χ2v) is 7.77. The van der Waals surface area contributed by atoms with Gasteiger partial charge in [-0.2, -0.15) is 0 Å². The third-order valence-electron chi connectivity index (χ3n) is 5.12. The van der Waals surface area contributed by atoms with Crippen molar-refractivity contribution < 1.29 is 23.8 Å². The van der Waals surface area contributed by atoms with Crippen LogP contribution in [0.3, 0.4) is 0 Å². The van der Waals surface area contributed by atoms with Gasteiger partial charge in [-0.25, -0.2) is 4.79 Å². The van der Waals surface area contributed by atoms with Crippen LogP contribution in [-0.2, 0) is 11.2 Å². The molecule has 0 saturated heterocycles. The van der Waals surface area contributed by atoms with Crippen LogP contribution < -0.4 is 20.4 Å². The first-order valence-electron chi connectivity index (χ1n) is 9.53. The van der Waals surface area contributed by atoms with Crippen LogP contribution in [0.1, 0.15) is 43.4 Å². The number of rotatable bonds is 6. The van der Waals surface area contributed by atoms with E-state index in [0.29, 0.717) is 41.0 Å². The molecule has 3 rings (SSSR count). The topological polar surface area (TPSA) is 98.0 Å². The van der Waals surface area contributed by atoms with E-state index in [9.17, 15) is 9.59 Å². The fourth-order valence-corrected chi connectivity index (χ4v) is 3.35. The minimum Gasteiger partial charge on any atom is -0.487 e. The molecule has 0 bridgehead atoms. The second kappa shape index (κ2) is 7.83. The van der Waals surface area contributed by atoms with Crippen molar-refractivity contribution in [1.82, 2.24) is 5.32 Å². The normalized spacial score (nSPS) is 15.0. The maximum atomic E-state index is 12.3. The molecular weight excluding hydrogens is 362 g/mol. The third-order valence-corrected chi connectivity index (χ3v) is 5.12. The molecule has 2 N–H and O–H groups in total. The van der Waals surface area contributed by atoms with Gasteiger partial charge in [-0.3, -0.25) is 4.79 Å². The molecule has 0 spiro atoms. The van der Waals surface area contributed by atoms with Crippen LogP contribution in [0, 0.1) is 13.8 Å².